The summed E-state index contributed by atoms with van der Waals surface area (Å²) in [5.41, 5.74) is 5.87. The molecule has 0 amide bonds. The van der Waals surface area contributed by atoms with Gasteiger partial charge in [0.1, 0.15) is 0 Å². The molecule has 0 atom stereocenters. The van der Waals surface area contributed by atoms with Crippen LogP contribution in [0.15, 0.2) is 0 Å². The van der Waals surface area contributed by atoms with Gasteiger partial charge in [0.05, 0.1) is 13.2 Å². The van der Waals surface area contributed by atoms with E-state index >= 15 is 0 Å². The van der Waals surface area contributed by atoms with Crippen LogP contribution in [0.4, 0.5) is 0 Å². The van der Waals surface area contributed by atoms with E-state index in [4.69, 9.17) is 5.73 Å². The minimum atomic E-state index is 0.0616. The summed E-state index contributed by atoms with van der Waals surface area (Å²) >= 11 is 0. The van der Waals surface area contributed by atoms with Gasteiger partial charge >= 0.3 is 0 Å². The molecule has 0 aromatic heterocycles. The Morgan fingerprint density at radius 1 is 0.562 bits per heavy atom. The minimum Gasteiger partial charge on any atom is -0.395 e. The number of hydrogen-bond donors (Lipinski definition) is 3. The van der Waals surface area contributed by atoms with E-state index in [0.29, 0.717) is 13.1 Å². The standard InChI is InChI=1S/C28H60N2O2/c1-5-27(6-2,28(7-3,8-4)30(23-25-31)24-26-32)21-19-17-15-13-11-9-10-12-14-16-18-20-22-29/h31-32H,5-26,29H2,1-4H3. The highest BCUT2D eigenvalue weighted by Crippen LogP contribution is 2.50. The molecule has 0 saturated heterocycles. The lowest BCUT2D eigenvalue weighted by atomic mass is 9.60. The molecule has 0 radical (unpaired) electrons. The Bertz CT molecular complexity index is 389. The van der Waals surface area contributed by atoms with Crippen LogP contribution in [-0.4, -0.2) is 53.5 Å². The Balaban J connectivity index is 4.50. The highest BCUT2D eigenvalue weighted by Gasteiger charge is 2.49. The molecule has 0 heterocycles. The zero-order valence-corrected chi connectivity index (χ0v) is 22.5. The van der Waals surface area contributed by atoms with Crippen LogP contribution in [0.3, 0.4) is 0 Å². The maximum atomic E-state index is 9.70. The van der Waals surface area contributed by atoms with Crippen LogP contribution in [0.25, 0.3) is 0 Å². The smallest absolute Gasteiger partial charge is 0.0558 e. The number of β-amino-alcohol motifs (C(OH)–C–C–N with tert-alkyl or cyclic N) is 2. The van der Waals surface area contributed by atoms with Crippen LogP contribution in [-0.2, 0) is 0 Å². The van der Waals surface area contributed by atoms with Crippen molar-refractivity contribution in [2.24, 2.45) is 11.1 Å². The fraction of sp³-hybridized carbons (Fsp3) is 1.00. The average Bonchev–Trinajstić information content (AvgIpc) is 2.82. The predicted molar refractivity (Wildman–Crippen MR) is 141 cm³/mol. The van der Waals surface area contributed by atoms with Gasteiger partial charge in [0, 0.05) is 18.6 Å². The van der Waals surface area contributed by atoms with Gasteiger partial charge in [0.15, 0.2) is 0 Å². The normalized spacial score (nSPS) is 12.8. The fourth-order valence-electron chi connectivity index (χ4n) is 6.43. The van der Waals surface area contributed by atoms with E-state index in [1.54, 1.807) is 0 Å². The summed E-state index contributed by atoms with van der Waals surface area (Å²) in [6, 6.07) is 0. The van der Waals surface area contributed by atoms with Crippen molar-refractivity contribution in [2.45, 2.75) is 142 Å². The molecule has 0 aliphatic heterocycles. The predicted octanol–water partition coefficient (Wildman–Crippen LogP) is 6.67. The lowest BCUT2D eigenvalue weighted by Gasteiger charge is -2.56. The molecule has 0 rings (SSSR count). The van der Waals surface area contributed by atoms with Gasteiger partial charge in [-0.15, -0.1) is 0 Å². The van der Waals surface area contributed by atoms with Crippen molar-refractivity contribution in [2.75, 3.05) is 32.8 Å². The van der Waals surface area contributed by atoms with E-state index in [1.165, 1.54) is 96.3 Å². The number of unbranched alkanes of at least 4 members (excludes halogenated alkanes) is 11. The quantitative estimate of drug-likeness (QED) is 0.142. The highest BCUT2D eigenvalue weighted by molar-refractivity contribution is 5.03. The molecule has 0 aromatic carbocycles. The molecule has 4 nitrogen and oxygen atoms in total. The molecule has 0 fully saturated rings. The summed E-state index contributed by atoms with van der Waals surface area (Å²) < 4.78 is 0. The van der Waals surface area contributed by atoms with Crippen molar-refractivity contribution < 1.29 is 10.2 Å². The first-order valence-corrected chi connectivity index (χ1v) is 14.2. The van der Waals surface area contributed by atoms with Crippen molar-refractivity contribution in [1.29, 1.82) is 0 Å². The molecule has 0 saturated carbocycles. The number of aliphatic hydroxyl groups is 2. The third-order valence-electron chi connectivity index (χ3n) is 8.47. The summed E-state index contributed by atoms with van der Waals surface area (Å²) in [6.45, 7) is 11.8. The van der Waals surface area contributed by atoms with Crippen molar-refractivity contribution in [1.82, 2.24) is 4.90 Å². The van der Waals surface area contributed by atoms with E-state index < -0.39 is 0 Å². The van der Waals surface area contributed by atoms with Crippen LogP contribution in [0.5, 0.6) is 0 Å². The first-order valence-electron chi connectivity index (χ1n) is 14.2. The summed E-state index contributed by atoms with van der Waals surface area (Å²) in [6.07, 6.45) is 22.0. The Morgan fingerprint density at radius 2 is 0.938 bits per heavy atom. The molecule has 194 valence electrons. The Kier molecular flexibility index (Phi) is 20.1. The van der Waals surface area contributed by atoms with Gasteiger partial charge in [-0.1, -0.05) is 98.3 Å². The largest absolute Gasteiger partial charge is 0.395 e. The summed E-state index contributed by atoms with van der Waals surface area (Å²) in [7, 11) is 0. The fourth-order valence-corrected chi connectivity index (χ4v) is 6.43. The van der Waals surface area contributed by atoms with Gasteiger partial charge in [-0.3, -0.25) is 4.90 Å². The SMILES string of the molecule is CCC(CC)(CCCCCCCCCCCCCCN)C(CC)(CC)N(CCO)CCO. The second kappa shape index (κ2) is 20.2. The molecular formula is C28H60N2O2. The Labute approximate surface area is 201 Å². The molecule has 0 spiro atoms. The molecule has 0 aliphatic rings. The van der Waals surface area contributed by atoms with Gasteiger partial charge in [-0.05, 0) is 50.5 Å². The van der Waals surface area contributed by atoms with Crippen molar-refractivity contribution in [3.05, 3.63) is 0 Å². The number of nitrogens with zero attached hydrogens (tertiary/aromatic N) is 1. The third kappa shape index (κ3) is 10.4. The number of aliphatic hydroxyl groups excluding tert-OH is 2. The number of nitrogens with two attached hydrogens (primary N) is 1. The Hall–Kier alpha value is -0.160. The minimum absolute atomic E-state index is 0.0616. The maximum Gasteiger partial charge on any atom is 0.0558 e. The van der Waals surface area contributed by atoms with E-state index in [2.05, 4.69) is 32.6 Å². The van der Waals surface area contributed by atoms with Gasteiger partial charge in [0.2, 0.25) is 0 Å². The lowest BCUT2D eigenvalue weighted by molar-refractivity contribution is -0.0687. The molecule has 32 heavy (non-hydrogen) atoms. The second-order valence-electron chi connectivity index (χ2n) is 9.94. The Morgan fingerprint density at radius 3 is 1.25 bits per heavy atom. The van der Waals surface area contributed by atoms with E-state index in [1.807, 2.05) is 0 Å². The molecule has 4 heteroatoms. The lowest BCUT2D eigenvalue weighted by Crippen LogP contribution is -2.60. The number of hydrogen-bond acceptors (Lipinski definition) is 4. The molecule has 4 N–H and O–H groups in total. The van der Waals surface area contributed by atoms with Crippen LogP contribution in [0.1, 0.15) is 137 Å². The van der Waals surface area contributed by atoms with Crippen molar-refractivity contribution in [3.63, 3.8) is 0 Å². The molecule has 0 aliphatic carbocycles. The van der Waals surface area contributed by atoms with Gasteiger partial charge in [0.25, 0.3) is 0 Å². The first-order chi connectivity index (χ1) is 15.6. The van der Waals surface area contributed by atoms with Gasteiger partial charge in [-0.2, -0.15) is 0 Å². The van der Waals surface area contributed by atoms with E-state index in [0.717, 1.165) is 19.4 Å². The van der Waals surface area contributed by atoms with Crippen LogP contribution >= 0.6 is 0 Å². The van der Waals surface area contributed by atoms with Gasteiger partial charge < -0.3 is 15.9 Å². The zero-order valence-electron chi connectivity index (χ0n) is 22.5. The zero-order chi connectivity index (χ0) is 24.1. The first kappa shape index (κ1) is 31.8. The second-order valence-corrected chi connectivity index (χ2v) is 9.94. The molecular weight excluding hydrogens is 396 g/mol. The molecule has 0 aromatic rings. The van der Waals surface area contributed by atoms with E-state index in [9.17, 15) is 10.2 Å². The third-order valence-corrected chi connectivity index (χ3v) is 8.47. The van der Waals surface area contributed by atoms with Crippen LogP contribution < -0.4 is 5.73 Å². The molecule has 0 unspecified atom stereocenters. The average molecular weight is 457 g/mol. The van der Waals surface area contributed by atoms with E-state index in [-0.39, 0.29) is 24.2 Å². The van der Waals surface area contributed by atoms with Gasteiger partial charge in [-0.25, -0.2) is 0 Å². The molecule has 0 bridgehead atoms. The summed E-state index contributed by atoms with van der Waals surface area (Å²) in [5, 5.41) is 19.4. The number of rotatable bonds is 24. The van der Waals surface area contributed by atoms with Crippen molar-refractivity contribution >= 4 is 0 Å². The maximum absolute atomic E-state index is 9.70. The van der Waals surface area contributed by atoms with Crippen molar-refractivity contribution in [3.8, 4) is 0 Å². The summed E-state index contributed by atoms with van der Waals surface area (Å²) in [5.74, 6) is 0. The van der Waals surface area contributed by atoms with Crippen LogP contribution in [0, 0.1) is 5.41 Å². The highest BCUT2D eigenvalue weighted by atomic mass is 16.3. The summed E-state index contributed by atoms with van der Waals surface area (Å²) in [4.78, 5) is 2.41. The monoisotopic (exact) mass is 456 g/mol. The topological polar surface area (TPSA) is 69.7 Å². The van der Waals surface area contributed by atoms with Crippen LogP contribution in [0.2, 0.25) is 0 Å².